The highest BCUT2D eigenvalue weighted by molar-refractivity contribution is 7.14. The van der Waals surface area contributed by atoms with Gasteiger partial charge in [0, 0.05) is 31.3 Å². The molecule has 20 heavy (non-hydrogen) atoms. The molecule has 0 atom stereocenters. The number of anilines is 1. The van der Waals surface area contributed by atoms with Crippen molar-refractivity contribution in [1.29, 1.82) is 0 Å². The lowest BCUT2D eigenvalue weighted by Crippen LogP contribution is -2.48. The van der Waals surface area contributed by atoms with Crippen LogP contribution in [0.25, 0.3) is 0 Å². The van der Waals surface area contributed by atoms with Crippen LogP contribution in [0.15, 0.2) is 17.1 Å². The normalized spacial score (nSPS) is 14.9. The third kappa shape index (κ3) is 2.56. The molecule has 1 aliphatic rings. The Kier molecular flexibility index (Phi) is 3.49. The number of likely N-dealkylation sites (tertiary alicyclic amines) is 1. The van der Waals surface area contributed by atoms with Crippen molar-refractivity contribution >= 4 is 39.6 Å². The molecule has 0 saturated carbocycles. The van der Waals surface area contributed by atoms with Crippen molar-refractivity contribution in [3.63, 3.8) is 0 Å². The maximum absolute atomic E-state index is 12.0. The van der Waals surface area contributed by atoms with E-state index < -0.39 is 0 Å². The van der Waals surface area contributed by atoms with Crippen molar-refractivity contribution in [1.82, 2.24) is 14.9 Å². The molecule has 0 unspecified atom stereocenters. The van der Waals surface area contributed by atoms with E-state index in [9.17, 15) is 9.59 Å². The standard InChI is InChI=1S/C12H12N4O2S2/c1-7(17)14-12-15-9(5-19-12)8-3-16(4-8)11(18)10-2-13-6-20-10/h2,5-6,8H,3-4H2,1H3,(H,14,15,17). The zero-order valence-electron chi connectivity index (χ0n) is 10.7. The number of hydrogen-bond acceptors (Lipinski definition) is 6. The number of amides is 2. The summed E-state index contributed by atoms with van der Waals surface area (Å²) in [6.45, 7) is 2.79. The van der Waals surface area contributed by atoms with Gasteiger partial charge in [-0.05, 0) is 0 Å². The number of thiazole rings is 2. The minimum atomic E-state index is -0.124. The van der Waals surface area contributed by atoms with Gasteiger partial charge in [-0.25, -0.2) is 4.98 Å². The number of hydrogen-bond donors (Lipinski definition) is 1. The van der Waals surface area contributed by atoms with Gasteiger partial charge in [0.25, 0.3) is 5.91 Å². The summed E-state index contributed by atoms with van der Waals surface area (Å²) < 4.78 is 0. The van der Waals surface area contributed by atoms with Gasteiger partial charge in [-0.15, -0.1) is 22.7 Å². The molecule has 0 bridgehead atoms. The van der Waals surface area contributed by atoms with Crippen molar-refractivity contribution in [2.45, 2.75) is 12.8 Å². The zero-order chi connectivity index (χ0) is 14.1. The van der Waals surface area contributed by atoms with E-state index in [2.05, 4.69) is 15.3 Å². The number of nitrogens with one attached hydrogen (secondary N) is 1. The molecule has 1 N–H and O–H groups in total. The molecule has 0 spiro atoms. The van der Waals surface area contributed by atoms with Crippen LogP contribution in [0.4, 0.5) is 5.13 Å². The van der Waals surface area contributed by atoms with Crippen LogP contribution in [0.5, 0.6) is 0 Å². The predicted molar refractivity (Wildman–Crippen MR) is 77.2 cm³/mol. The van der Waals surface area contributed by atoms with Gasteiger partial charge < -0.3 is 10.2 Å². The average Bonchev–Trinajstić information content (AvgIpc) is 2.97. The summed E-state index contributed by atoms with van der Waals surface area (Å²) in [7, 11) is 0. The highest BCUT2D eigenvalue weighted by atomic mass is 32.1. The number of nitrogens with zero attached hydrogens (tertiary/aromatic N) is 3. The summed E-state index contributed by atoms with van der Waals surface area (Å²) in [5.74, 6) is 0.160. The SMILES string of the molecule is CC(=O)Nc1nc(C2CN(C(=O)c3cncs3)C2)cs1. The smallest absolute Gasteiger partial charge is 0.265 e. The first-order valence-electron chi connectivity index (χ1n) is 6.04. The van der Waals surface area contributed by atoms with E-state index in [0.717, 1.165) is 5.69 Å². The highest BCUT2D eigenvalue weighted by Crippen LogP contribution is 2.30. The van der Waals surface area contributed by atoms with Gasteiger partial charge >= 0.3 is 0 Å². The lowest BCUT2D eigenvalue weighted by Gasteiger charge is -2.38. The summed E-state index contributed by atoms with van der Waals surface area (Å²) in [5.41, 5.74) is 2.59. The summed E-state index contributed by atoms with van der Waals surface area (Å²) in [6.07, 6.45) is 1.60. The largest absolute Gasteiger partial charge is 0.336 e. The third-order valence-electron chi connectivity index (χ3n) is 3.04. The second-order valence-corrected chi connectivity index (χ2v) is 6.28. The number of rotatable bonds is 3. The molecule has 1 aliphatic heterocycles. The maximum atomic E-state index is 12.0. The minimum absolute atomic E-state index is 0.0288. The predicted octanol–water partition coefficient (Wildman–Crippen LogP) is 1.80. The first-order valence-corrected chi connectivity index (χ1v) is 7.80. The van der Waals surface area contributed by atoms with E-state index >= 15 is 0 Å². The molecule has 8 heteroatoms. The summed E-state index contributed by atoms with van der Waals surface area (Å²) >= 11 is 2.76. The molecule has 2 aromatic rings. The van der Waals surface area contributed by atoms with Crippen LogP contribution in [0, 0.1) is 0 Å². The monoisotopic (exact) mass is 308 g/mol. The van der Waals surface area contributed by atoms with E-state index in [1.807, 2.05) is 5.38 Å². The lowest BCUT2D eigenvalue weighted by molar-refractivity contribution is -0.114. The molecule has 104 valence electrons. The fourth-order valence-corrected chi connectivity index (χ4v) is 3.42. The first-order chi connectivity index (χ1) is 9.63. The number of carbonyl (C=O) groups is 2. The van der Waals surface area contributed by atoms with E-state index in [4.69, 9.17) is 0 Å². The lowest BCUT2D eigenvalue weighted by atomic mass is 9.97. The average molecular weight is 308 g/mol. The second kappa shape index (κ2) is 5.29. The quantitative estimate of drug-likeness (QED) is 0.938. The number of carbonyl (C=O) groups excluding carboxylic acids is 2. The van der Waals surface area contributed by atoms with Gasteiger partial charge in [-0.2, -0.15) is 0 Å². The Balaban J connectivity index is 1.59. The molecule has 3 heterocycles. The maximum Gasteiger partial charge on any atom is 0.265 e. The molecular formula is C12H12N4O2S2. The van der Waals surface area contributed by atoms with Gasteiger partial charge in [-0.1, -0.05) is 0 Å². The van der Waals surface area contributed by atoms with E-state index in [-0.39, 0.29) is 17.7 Å². The Morgan fingerprint density at radius 1 is 1.40 bits per heavy atom. The summed E-state index contributed by atoms with van der Waals surface area (Å²) in [5, 5.41) is 5.21. The zero-order valence-corrected chi connectivity index (χ0v) is 12.3. The Bertz CT molecular complexity index is 632. The van der Waals surface area contributed by atoms with E-state index in [1.165, 1.54) is 29.6 Å². The Labute approximate surface area is 123 Å². The molecule has 0 radical (unpaired) electrons. The third-order valence-corrected chi connectivity index (χ3v) is 4.57. The van der Waals surface area contributed by atoms with Gasteiger partial charge in [-0.3, -0.25) is 14.6 Å². The molecule has 0 aromatic carbocycles. The second-order valence-electron chi connectivity index (χ2n) is 4.53. The van der Waals surface area contributed by atoms with Crippen LogP contribution in [0.3, 0.4) is 0 Å². The van der Waals surface area contributed by atoms with Crippen molar-refractivity contribution < 1.29 is 9.59 Å². The fourth-order valence-electron chi connectivity index (χ4n) is 1.99. The fraction of sp³-hybridized carbons (Fsp3) is 0.333. The number of aromatic nitrogens is 2. The van der Waals surface area contributed by atoms with Crippen LogP contribution in [0.1, 0.15) is 28.2 Å². The van der Waals surface area contributed by atoms with Gasteiger partial charge in [0.05, 0.1) is 17.4 Å². The Morgan fingerprint density at radius 2 is 2.20 bits per heavy atom. The summed E-state index contributed by atoms with van der Waals surface area (Å²) in [4.78, 5) is 33.7. The van der Waals surface area contributed by atoms with Crippen LogP contribution in [-0.4, -0.2) is 39.8 Å². The molecule has 3 rings (SSSR count). The minimum Gasteiger partial charge on any atom is -0.336 e. The van der Waals surface area contributed by atoms with Crippen LogP contribution < -0.4 is 5.32 Å². The highest BCUT2D eigenvalue weighted by Gasteiger charge is 2.34. The first kappa shape index (κ1) is 13.2. The van der Waals surface area contributed by atoms with Gasteiger partial charge in [0.1, 0.15) is 4.88 Å². The topological polar surface area (TPSA) is 75.2 Å². The van der Waals surface area contributed by atoms with E-state index in [0.29, 0.717) is 23.1 Å². The molecule has 0 aliphatic carbocycles. The molecule has 6 nitrogen and oxygen atoms in total. The molecule has 1 saturated heterocycles. The van der Waals surface area contributed by atoms with Crippen LogP contribution in [-0.2, 0) is 4.79 Å². The molecule has 2 amide bonds. The molecule has 2 aromatic heterocycles. The van der Waals surface area contributed by atoms with E-state index in [1.54, 1.807) is 16.6 Å². The van der Waals surface area contributed by atoms with Crippen molar-refractivity contribution in [2.24, 2.45) is 0 Å². The van der Waals surface area contributed by atoms with Crippen LogP contribution in [0.2, 0.25) is 0 Å². The van der Waals surface area contributed by atoms with Crippen molar-refractivity contribution in [3.8, 4) is 0 Å². The molecular weight excluding hydrogens is 296 g/mol. The Hall–Kier alpha value is -1.80. The summed E-state index contributed by atoms with van der Waals surface area (Å²) in [6, 6.07) is 0. The van der Waals surface area contributed by atoms with Crippen molar-refractivity contribution in [3.05, 3.63) is 27.7 Å². The Morgan fingerprint density at radius 3 is 2.85 bits per heavy atom. The van der Waals surface area contributed by atoms with Gasteiger partial charge in [0.2, 0.25) is 5.91 Å². The van der Waals surface area contributed by atoms with Gasteiger partial charge in [0.15, 0.2) is 5.13 Å². The van der Waals surface area contributed by atoms with Crippen molar-refractivity contribution in [2.75, 3.05) is 18.4 Å². The van der Waals surface area contributed by atoms with Crippen LogP contribution >= 0.6 is 22.7 Å². The molecule has 1 fully saturated rings.